The van der Waals surface area contributed by atoms with Gasteiger partial charge in [-0.2, -0.15) is 0 Å². The lowest BCUT2D eigenvalue weighted by molar-refractivity contribution is 0.174. The highest BCUT2D eigenvalue weighted by atomic mass is 15.2. The molecular formula is C23H42N6. The normalized spacial score (nSPS) is 16.8. The number of hydrogen-bond acceptors (Lipinski definition) is 4. The Labute approximate surface area is 178 Å². The molecule has 29 heavy (non-hydrogen) atoms. The van der Waals surface area contributed by atoms with Gasteiger partial charge in [-0.15, -0.1) is 0 Å². The van der Waals surface area contributed by atoms with E-state index in [2.05, 4.69) is 72.2 Å². The number of aromatic nitrogens is 1. The molecule has 1 aliphatic heterocycles. The van der Waals surface area contributed by atoms with Crippen molar-refractivity contribution in [3.8, 4) is 0 Å². The lowest BCUT2D eigenvalue weighted by Crippen LogP contribution is -2.48. The first kappa shape index (κ1) is 23.6. The van der Waals surface area contributed by atoms with Crippen molar-refractivity contribution in [2.24, 2.45) is 4.99 Å². The quantitative estimate of drug-likeness (QED) is 0.358. The minimum absolute atomic E-state index is 0.496. The van der Waals surface area contributed by atoms with Crippen molar-refractivity contribution < 1.29 is 0 Å². The predicted molar refractivity (Wildman–Crippen MR) is 123 cm³/mol. The van der Waals surface area contributed by atoms with Crippen molar-refractivity contribution >= 4 is 5.96 Å². The van der Waals surface area contributed by atoms with E-state index in [9.17, 15) is 0 Å². The molecule has 0 amide bonds. The van der Waals surface area contributed by atoms with Gasteiger partial charge in [0, 0.05) is 63.6 Å². The Morgan fingerprint density at radius 1 is 1.21 bits per heavy atom. The molecule has 0 aromatic carbocycles. The summed E-state index contributed by atoms with van der Waals surface area (Å²) in [4.78, 5) is 14.3. The number of rotatable bonds is 10. The van der Waals surface area contributed by atoms with E-state index in [1.807, 2.05) is 12.3 Å². The number of nitrogens with zero attached hydrogens (tertiary/aromatic N) is 4. The summed E-state index contributed by atoms with van der Waals surface area (Å²) in [6.45, 7) is 17.2. The van der Waals surface area contributed by atoms with E-state index in [0.717, 1.165) is 70.2 Å². The third kappa shape index (κ3) is 8.70. The van der Waals surface area contributed by atoms with Gasteiger partial charge in [-0.3, -0.25) is 19.8 Å². The van der Waals surface area contributed by atoms with Gasteiger partial charge in [0.15, 0.2) is 5.96 Å². The molecule has 2 rings (SSSR count). The van der Waals surface area contributed by atoms with E-state index in [1.165, 1.54) is 0 Å². The zero-order chi connectivity index (χ0) is 21.1. The third-order valence-electron chi connectivity index (χ3n) is 5.56. The first-order chi connectivity index (χ1) is 14.0. The molecule has 2 N–H and O–H groups in total. The molecule has 164 valence electrons. The van der Waals surface area contributed by atoms with Crippen LogP contribution in [0.5, 0.6) is 0 Å². The van der Waals surface area contributed by atoms with Gasteiger partial charge in [0.25, 0.3) is 0 Å². The Bertz CT molecular complexity index is 570. The highest BCUT2D eigenvalue weighted by molar-refractivity contribution is 5.80. The SMILES string of the molecule is CCNC(=NCCCN(C(C)C)C(C)C)NC1CCN(Cc2ccccn2)CC1. The van der Waals surface area contributed by atoms with Gasteiger partial charge < -0.3 is 10.6 Å². The van der Waals surface area contributed by atoms with E-state index in [1.54, 1.807) is 0 Å². The van der Waals surface area contributed by atoms with E-state index >= 15 is 0 Å². The van der Waals surface area contributed by atoms with Gasteiger partial charge in [0.2, 0.25) is 0 Å². The van der Waals surface area contributed by atoms with Crippen LogP contribution in [0.25, 0.3) is 0 Å². The topological polar surface area (TPSA) is 55.8 Å². The van der Waals surface area contributed by atoms with Gasteiger partial charge in [-0.25, -0.2) is 0 Å². The van der Waals surface area contributed by atoms with Crippen molar-refractivity contribution in [1.29, 1.82) is 0 Å². The molecule has 6 heteroatoms. The standard InChI is InChI=1S/C23H42N6/c1-6-24-23(26-14-9-15-29(19(2)3)20(4)5)27-21-11-16-28(17-12-21)18-22-10-7-8-13-25-22/h7-8,10,13,19-21H,6,9,11-12,14-18H2,1-5H3,(H2,24,26,27). The fourth-order valence-electron chi connectivity index (χ4n) is 4.03. The summed E-state index contributed by atoms with van der Waals surface area (Å²) in [5, 5.41) is 7.07. The largest absolute Gasteiger partial charge is 0.357 e. The van der Waals surface area contributed by atoms with Crippen molar-refractivity contribution in [2.45, 2.75) is 78.6 Å². The summed E-state index contributed by atoms with van der Waals surface area (Å²) >= 11 is 0. The zero-order valence-electron chi connectivity index (χ0n) is 19.2. The third-order valence-corrected chi connectivity index (χ3v) is 5.56. The average Bonchev–Trinajstić information content (AvgIpc) is 2.69. The molecule has 1 aromatic heterocycles. The zero-order valence-corrected chi connectivity index (χ0v) is 19.2. The summed E-state index contributed by atoms with van der Waals surface area (Å²) in [7, 11) is 0. The number of piperidine rings is 1. The molecule has 0 bridgehead atoms. The number of likely N-dealkylation sites (tertiary alicyclic amines) is 1. The maximum Gasteiger partial charge on any atom is 0.191 e. The molecule has 1 aliphatic rings. The van der Waals surface area contributed by atoms with Crippen LogP contribution >= 0.6 is 0 Å². The molecule has 0 atom stereocenters. The minimum atomic E-state index is 0.496. The number of aliphatic imine (C=N–C) groups is 1. The number of guanidine groups is 1. The highest BCUT2D eigenvalue weighted by Crippen LogP contribution is 2.13. The van der Waals surface area contributed by atoms with Crippen LogP contribution in [0.15, 0.2) is 29.4 Å². The Morgan fingerprint density at radius 2 is 1.93 bits per heavy atom. The monoisotopic (exact) mass is 402 g/mol. The summed E-state index contributed by atoms with van der Waals surface area (Å²) < 4.78 is 0. The average molecular weight is 403 g/mol. The lowest BCUT2D eigenvalue weighted by Gasteiger charge is -2.33. The van der Waals surface area contributed by atoms with Crippen molar-refractivity contribution in [1.82, 2.24) is 25.4 Å². The van der Waals surface area contributed by atoms with Crippen LogP contribution in [-0.4, -0.2) is 71.6 Å². The molecule has 2 heterocycles. The van der Waals surface area contributed by atoms with Crippen LogP contribution in [0.2, 0.25) is 0 Å². The molecule has 1 aromatic rings. The molecule has 0 aliphatic carbocycles. The molecule has 0 radical (unpaired) electrons. The van der Waals surface area contributed by atoms with E-state index in [4.69, 9.17) is 4.99 Å². The van der Waals surface area contributed by atoms with Gasteiger partial charge in [-0.05, 0) is 66.0 Å². The van der Waals surface area contributed by atoms with E-state index in [-0.39, 0.29) is 0 Å². The fraction of sp³-hybridized carbons (Fsp3) is 0.739. The van der Waals surface area contributed by atoms with Crippen molar-refractivity contribution in [3.63, 3.8) is 0 Å². The van der Waals surface area contributed by atoms with Crippen LogP contribution in [0, 0.1) is 0 Å². The minimum Gasteiger partial charge on any atom is -0.357 e. The molecule has 0 unspecified atom stereocenters. The molecule has 0 saturated carbocycles. The van der Waals surface area contributed by atoms with Crippen LogP contribution in [0.3, 0.4) is 0 Å². The van der Waals surface area contributed by atoms with E-state index in [0.29, 0.717) is 18.1 Å². The van der Waals surface area contributed by atoms with Gasteiger partial charge in [0.05, 0.1) is 5.69 Å². The molecule has 1 fully saturated rings. The molecule has 1 saturated heterocycles. The Kier molecular flexibility index (Phi) is 10.4. The maximum atomic E-state index is 4.83. The second kappa shape index (κ2) is 12.8. The smallest absolute Gasteiger partial charge is 0.191 e. The van der Waals surface area contributed by atoms with Gasteiger partial charge >= 0.3 is 0 Å². The fourth-order valence-corrected chi connectivity index (χ4v) is 4.03. The first-order valence-electron chi connectivity index (χ1n) is 11.4. The van der Waals surface area contributed by atoms with Gasteiger partial charge in [0.1, 0.15) is 0 Å². The van der Waals surface area contributed by atoms with Crippen LogP contribution in [0.4, 0.5) is 0 Å². The maximum absolute atomic E-state index is 4.83. The summed E-state index contributed by atoms with van der Waals surface area (Å²) in [6.07, 6.45) is 5.26. The van der Waals surface area contributed by atoms with Crippen molar-refractivity contribution in [2.75, 3.05) is 32.7 Å². The molecular weight excluding hydrogens is 360 g/mol. The number of pyridine rings is 1. The lowest BCUT2D eigenvalue weighted by atomic mass is 10.0. The Hall–Kier alpha value is -1.66. The van der Waals surface area contributed by atoms with Gasteiger partial charge in [-0.1, -0.05) is 6.07 Å². The van der Waals surface area contributed by atoms with Crippen LogP contribution in [0.1, 0.15) is 59.6 Å². The number of hydrogen-bond donors (Lipinski definition) is 2. The molecule has 6 nitrogen and oxygen atoms in total. The first-order valence-corrected chi connectivity index (χ1v) is 11.4. The summed E-state index contributed by atoms with van der Waals surface area (Å²) in [5.41, 5.74) is 1.16. The van der Waals surface area contributed by atoms with Crippen LogP contribution < -0.4 is 10.6 Å². The highest BCUT2D eigenvalue weighted by Gasteiger charge is 2.20. The van der Waals surface area contributed by atoms with Crippen molar-refractivity contribution in [3.05, 3.63) is 30.1 Å². The number of nitrogens with one attached hydrogen (secondary N) is 2. The second-order valence-electron chi connectivity index (χ2n) is 8.56. The second-order valence-corrected chi connectivity index (χ2v) is 8.56. The molecule has 0 spiro atoms. The van der Waals surface area contributed by atoms with Crippen LogP contribution in [-0.2, 0) is 6.54 Å². The van der Waals surface area contributed by atoms with E-state index < -0.39 is 0 Å². The summed E-state index contributed by atoms with van der Waals surface area (Å²) in [6, 6.07) is 7.82. The summed E-state index contributed by atoms with van der Waals surface area (Å²) in [5.74, 6) is 0.969. The Balaban J connectivity index is 1.74. The Morgan fingerprint density at radius 3 is 2.52 bits per heavy atom. The predicted octanol–water partition coefficient (Wildman–Crippen LogP) is 3.11.